The summed E-state index contributed by atoms with van der Waals surface area (Å²) in [5.74, 6) is -0.170. The van der Waals surface area contributed by atoms with Crippen molar-refractivity contribution < 1.29 is 13.2 Å². The van der Waals surface area contributed by atoms with E-state index in [9.17, 15) is 13.2 Å². The quantitative estimate of drug-likeness (QED) is 0.802. The zero-order chi connectivity index (χ0) is 20.4. The van der Waals surface area contributed by atoms with Gasteiger partial charge in [-0.25, -0.2) is 8.42 Å². The van der Waals surface area contributed by atoms with Gasteiger partial charge in [0.05, 0.1) is 6.04 Å². The summed E-state index contributed by atoms with van der Waals surface area (Å²) in [6.07, 6.45) is 3.96. The number of rotatable bonds is 5. The van der Waals surface area contributed by atoms with Gasteiger partial charge in [-0.3, -0.25) is 9.78 Å². The molecule has 1 fully saturated rings. The topological polar surface area (TPSA) is 79.4 Å². The van der Waals surface area contributed by atoms with E-state index in [2.05, 4.69) is 31.1 Å². The van der Waals surface area contributed by atoms with Crippen molar-refractivity contribution in [3.05, 3.63) is 46.9 Å². The van der Waals surface area contributed by atoms with Gasteiger partial charge in [0, 0.05) is 36.3 Å². The normalized spacial score (nSPS) is 18.0. The number of piperidine rings is 1. The van der Waals surface area contributed by atoms with Crippen LogP contribution in [-0.4, -0.2) is 36.7 Å². The van der Waals surface area contributed by atoms with Gasteiger partial charge in [0.2, 0.25) is 15.9 Å². The number of aromatic nitrogens is 1. The van der Waals surface area contributed by atoms with Crippen LogP contribution in [0.4, 0.5) is 0 Å². The van der Waals surface area contributed by atoms with E-state index in [1.165, 1.54) is 10.5 Å². The Bertz CT molecular complexity index is 883. The molecular formula is C20H27N3O3S2. The predicted molar refractivity (Wildman–Crippen MR) is 110 cm³/mol. The average molecular weight is 422 g/mol. The highest BCUT2D eigenvalue weighted by molar-refractivity contribution is 7.89. The van der Waals surface area contributed by atoms with Gasteiger partial charge in [0.1, 0.15) is 4.90 Å². The van der Waals surface area contributed by atoms with Crippen LogP contribution in [0.3, 0.4) is 0 Å². The molecule has 1 aliphatic rings. The van der Waals surface area contributed by atoms with Crippen LogP contribution in [0.2, 0.25) is 0 Å². The zero-order valence-electron chi connectivity index (χ0n) is 16.5. The molecule has 2 aromatic heterocycles. The third-order valence-electron chi connectivity index (χ3n) is 5.08. The highest BCUT2D eigenvalue weighted by atomic mass is 32.2. The molecule has 1 aliphatic heterocycles. The number of hydrogen-bond acceptors (Lipinski definition) is 5. The summed E-state index contributed by atoms with van der Waals surface area (Å²) in [6, 6.07) is 7.15. The van der Waals surface area contributed by atoms with Gasteiger partial charge in [-0.15, -0.1) is 11.3 Å². The maximum atomic E-state index is 12.9. The van der Waals surface area contributed by atoms with Crippen LogP contribution < -0.4 is 5.32 Å². The van der Waals surface area contributed by atoms with Gasteiger partial charge in [0.25, 0.3) is 0 Å². The van der Waals surface area contributed by atoms with E-state index in [0.717, 1.165) is 4.88 Å². The minimum Gasteiger partial charge on any atom is -0.348 e. The Morgan fingerprint density at radius 3 is 2.50 bits per heavy atom. The van der Waals surface area contributed by atoms with Gasteiger partial charge in [-0.1, -0.05) is 26.8 Å². The molecule has 0 spiro atoms. The monoisotopic (exact) mass is 421 g/mol. The summed E-state index contributed by atoms with van der Waals surface area (Å²) in [7, 11) is -3.55. The number of pyridine rings is 1. The van der Waals surface area contributed by atoms with Crippen LogP contribution in [0.1, 0.15) is 44.5 Å². The second-order valence-electron chi connectivity index (χ2n) is 8.19. The molecule has 0 saturated carbocycles. The molecule has 8 heteroatoms. The van der Waals surface area contributed by atoms with Crippen molar-refractivity contribution in [2.24, 2.45) is 11.3 Å². The van der Waals surface area contributed by atoms with Crippen LogP contribution in [0.5, 0.6) is 0 Å². The summed E-state index contributed by atoms with van der Waals surface area (Å²) < 4.78 is 26.9. The number of carbonyl (C=O) groups excluding carboxylic acids is 1. The molecule has 1 atom stereocenters. The number of carbonyl (C=O) groups is 1. The van der Waals surface area contributed by atoms with Gasteiger partial charge in [0.15, 0.2) is 0 Å². The molecule has 3 rings (SSSR count). The highest BCUT2D eigenvalue weighted by Crippen LogP contribution is 2.36. The van der Waals surface area contributed by atoms with Crippen LogP contribution in [0, 0.1) is 11.3 Å². The Hall–Kier alpha value is -1.77. The standard InChI is InChI=1S/C20H27N3O3S2/c1-20(2,3)18(17-7-5-13-27-17)22-19(24)15-8-11-23(12-9-15)28(25,26)16-6-4-10-21-14-16/h4-7,10,13-15,18H,8-9,11-12H2,1-3H3,(H,22,24). The highest BCUT2D eigenvalue weighted by Gasteiger charge is 2.35. The summed E-state index contributed by atoms with van der Waals surface area (Å²) in [5.41, 5.74) is -0.106. The lowest BCUT2D eigenvalue weighted by Gasteiger charge is -2.34. The molecule has 2 aromatic rings. The van der Waals surface area contributed by atoms with E-state index < -0.39 is 10.0 Å². The summed E-state index contributed by atoms with van der Waals surface area (Å²) >= 11 is 1.64. The van der Waals surface area contributed by atoms with Crippen LogP contribution in [0.25, 0.3) is 0 Å². The molecule has 1 saturated heterocycles. The van der Waals surface area contributed by atoms with E-state index in [1.54, 1.807) is 29.7 Å². The lowest BCUT2D eigenvalue weighted by Crippen LogP contribution is -2.45. The van der Waals surface area contributed by atoms with Crippen LogP contribution in [-0.2, 0) is 14.8 Å². The third kappa shape index (κ3) is 4.61. The van der Waals surface area contributed by atoms with E-state index in [4.69, 9.17) is 0 Å². The van der Waals surface area contributed by atoms with E-state index in [-0.39, 0.29) is 28.2 Å². The number of nitrogens with one attached hydrogen (secondary N) is 1. The van der Waals surface area contributed by atoms with Crippen molar-refractivity contribution in [1.29, 1.82) is 0 Å². The Morgan fingerprint density at radius 2 is 1.96 bits per heavy atom. The van der Waals surface area contributed by atoms with Crippen molar-refractivity contribution in [1.82, 2.24) is 14.6 Å². The second kappa shape index (κ2) is 8.31. The van der Waals surface area contributed by atoms with Crippen molar-refractivity contribution in [2.75, 3.05) is 13.1 Å². The Kier molecular flexibility index (Phi) is 6.21. The van der Waals surface area contributed by atoms with Crippen molar-refractivity contribution in [2.45, 2.75) is 44.6 Å². The SMILES string of the molecule is CC(C)(C)C(NC(=O)C1CCN(S(=O)(=O)c2cccnc2)CC1)c1cccs1. The summed E-state index contributed by atoms with van der Waals surface area (Å²) in [4.78, 5) is 18.1. The smallest absolute Gasteiger partial charge is 0.244 e. The summed E-state index contributed by atoms with van der Waals surface area (Å²) in [6.45, 7) is 7.02. The molecule has 1 amide bonds. The molecule has 1 unspecified atom stereocenters. The first-order valence-corrected chi connectivity index (χ1v) is 11.8. The molecule has 0 radical (unpaired) electrons. The predicted octanol–water partition coefficient (Wildman–Crippen LogP) is 3.45. The van der Waals surface area contributed by atoms with Crippen molar-refractivity contribution in [3.8, 4) is 0 Å². The Balaban J connectivity index is 1.64. The molecule has 1 N–H and O–H groups in total. The Morgan fingerprint density at radius 1 is 1.25 bits per heavy atom. The van der Waals surface area contributed by atoms with Gasteiger partial charge < -0.3 is 5.32 Å². The third-order valence-corrected chi connectivity index (χ3v) is 7.90. The number of sulfonamides is 1. The maximum absolute atomic E-state index is 12.9. The molecular weight excluding hydrogens is 394 g/mol. The number of nitrogens with zero attached hydrogens (tertiary/aromatic N) is 2. The largest absolute Gasteiger partial charge is 0.348 e. The first kappa shape index (κ1) is 21.0. The molecule has 6 nitrogen and oxygen atoms in total. The van der Waals surface area contributed by atoms with E-state index in [0.29, 0.717) is 25.9 Å². The first-order chi connectivity index (χ1) is 13.2. The average Bonchev–Trinajstić information content (AvgIpc) is 3.20. The van der Waals surface area contributed by atoms with Crippen LogP contribution >= 0.6 is 11.3 Å². The fourth-order valence-electron chi connectivity index (χ4n) is 3.44. The van der Waals surface area contributed by atoms with Crippen molar-refractivity contribution >= 4 is 27.3 Å². The number of hydrogen-bond donors (Lipinski definition) is 1. The minimum atomic E-state index is -3.55. The molecule has 0 bridgehead atoms. The van der Waals surface area contributed by atoms with Gasteiger partial charge in [-0.05, 0) is 41.8 Å². The van der Waals surface area contributed by atoms with Gasteiger partial charge in [-0.2, -0.15) is 4.31 Å². The molecule has 3 heterocycles. The fraction of sp³-hybridized carbons (Fsp3) is 0.500. The molecule has 0 aromatic carbocycles. The Labute approximate surface area is 171 Å². The second-order valence-corrected chi connectivity index (χ2v) is 11.1. The van der Waals surface area contributed by atoms with Crippen molar-refractivity contribution in [3.63, 3.8) is 0 Å². The molecule has 0 aliphatic carbocycles. The first-order valence-electron chi connectivity index (χ1n) is 9.43. The molecule has 152 valence electrons. The van der Waals surface area contributed by atoms with E-state index in [1.807, 2.05) is 17.5 Å². The number of thiophene rings is 1. The number of amides is 1. The summed E-state index contributed by atoms with van der Waals surface area (Å²) in [5, 5.41) is 5.22. The molecule has 28 heavy (non-hydrogen) atoms. The van der Waals surface area contributed by atoms with Crippen LogP contribution in [0.15, 0.2) is 46.9 Å². The zero-order valence-corrected chi connectivity index (χ0v) is 18.1. The fourth-order valence-corrected chi connectivity index (χ4v) is 5.89. The minimum absolute atomic E-state index is 0.00625. The van der Waals surface area contributed by atoms with Gasteiger partial charge >= 0.3 is 0 Å². The van der Waals surface area contributed by atoms with E-state index >= 15 is 0 Å². The maximum Gasteiger partial charge on any atom is 0.244 e. The lowest BCUT2D eigenvalue weighted by molar-refractivity contribution is -0.127. The lowest BCUT2D eigenvalue weighted by atomic mass is 9.85.